The molecule has 8 nitrogen and oxygen atoms in total. The third-order valence-electron chi connectivity index (χ3n) is 10.1. The van der Waals surface area contributed by atoms with E-state index in [1.54, 1.807) is 0 Å². The molecular weight excluding hydrogens is 575 g/mol. The molecule has 6 rings (SSSR count). The Morgan fingerprint density at radius 1 is 0.652 bits per heavy atom. The van der Waals surface area contributed by atoms with E-state index in [1.165, 1.54) is 0 Å². The molecule has 244 valence electrons. The van der Waals surface area contributed by atoms with Crippen molar-refractivity contribution >= 4 is 35.8 Å². The van der Waals surface area contributed by atoms with E-state index in [-0.39, 0.29) is 35.1 Å². The maximum absolute atomic E-state index is 12.8. The molecule has 9 heteroatoms. The third kappa shape index (κ3) is 5.45. The molecular formula is C37H49BN4O4. The second kappa shape index (κ2) is 11.3. The number of hydrogen-bond donors (Lipinski definition) is 0. The minimum atomic E-state index is -0.492. The Bertz CT molecular complexity index is 1660. The lowest BCUT2D eigenvalue weighted by Crippen LogP contribution is -2.41. The summed E-state index contributed by atoms with van der Waals surface area (Å²) in [7, 11) is -0.409. The SMILES string of the molecule is CC(C)N1C(=O)C(C)(C)c2ccc(B3OC(C)(C)C(C)(C)O3)cc21.Cc1ncc(-c2ccc3c(c2)N(C(C)C)C(=O)C3(C)C)cn1. The van der Waals surface area contributed by atoms with Gasteiger partial charge in [-0.1, -0.05) is 24.3 Å². The van der Waals surface area contributed by atoms with Crippen molar-refractivity contribution < 1.29 is 18.9 Å². The molecule has 0 aliphatic carbocycles. The predicted octanol–water partition coefficient (Wildman–Crippen LogP) is 6.50. The summed E-state index contributed by atoms with van der Waals surface area (Å²) < 4.78 is 12.3. The van der Waals surface area contributed by atoms with E-state index < -0.39 is 17.9 Å². The monoisotopic (exact) mass is 624 g/mol. The van der Waals surface area contributed by atoms with Crippen molar-refractivity contribution in [2.45, 2.75) is 124 Å². The number of carbonyl (C=O) groups excluding carboxylic acids is 2. The van der Waals surface area contributed by atoms with Crippen LogP contribution in [-0.2, 0) is 29.7 Å². The Hall–Kier alpha value is -3.56. The highest BCUT2D eigenvalue weighted by atomic mass is 16.7. The zero-order valence-corrected chi connectivity index (χ0v) is 29.8. The first kappa shape index (κ1) is 33.8. The average molecular weight is 625 g/mol. The van der Waals surface area contributed by atoms with Gasteiger partial charge in [-0.3, -0.25) is 9.59 Å². The van der Waals surface area contributed by atoms with Crippen molar-refractivity contribution in [3.05, 3.63) is 65.7 Å². The predicted molar refractivity (Wildman–Crippen MR) is 186 cm³/mol. The zero-order valence-electron chi connectivity index (χ0n) is 29.8. The second-order valence-electron chi connectivity index (χ2n) is 15.4. The summed E-state index contributed by atoms with van der Waals surface area (Å²) in [6.45, 7) is 26.2. The summed E-state index contributed by atoms with van der Waals surface area (Å²) >= 11 is 0. The van der Waals surface area contributed by atoms with Gasteiger partial charge in [0.2, 0.25) is 11.8 Å². The van der Waals surface area contributed by atoms with Crippen molar-refractivity contribution in [1.29, 1.82) is 0 Å². The van der Waals surface area contributed by atoms with E-state index in [4.69, 9.17) is 9.31 Å². The normalized spacial score (nSPS) is 20.3. The molecule has 3 aliphatic rings. The molecule has 0 spiro atoms. The molecule has 1 saturated heterocycles. The number of nitrogens with zero attached hydrogens (tertiary/aromatic N) is 4. The number of hydrogen-bond acceptors (Lipinski definition) is 6. The number of aryl methyl sites for hydroxylation is 1. The smallest absolute Gasteiger partial charge is 0.399 e. The van der Waals surface area contributed by atoms with E-state index in [0.29, 0.717) is 0 Å². The lowest BCUT2D eigenvalue weighted by molar-refractivity contribution is -0.123. The van der Waals surface area contributed by atoms with Crippen LogP contribution < -0.4 is 15.3 Å². The number of fused-ring (bicyclic) bond motifs is 2. The van der Waals surface area contributed by atoms with E-state index in [9.17, 15) is 9.59 Å². The number of rotatable bonds is 4. The van der Waals surface area contributed by atoms with Crippen LogP contribution in [0.2, 0.25) is 0 Å². The van der Waals surface area contributed by atoms with Crippen molar-refractivity contribution in [2.24, 2.45) is 0 Å². The molecule has 3 aliphatic heterocycles. The number of benzene rings is 2. The maximum atomic E-state index is 12.8. The fraction of sp³-hybridized carbons (Fsp3) is 0.514. The fourth-order valence-corrected chi connectivity index (χ4v) is 6.46. The van der Waals surface area contributed by atoms with E-state index in [0.717, 1.165) is 44.9 Å². The van der Waals surface area contributed by atoms with Crippen LogP contribution in [0, 0.1) is 6.92 Å². The molecule has 4 heterocycles. The second-order valence-corrected chi connectivity index (χ2v) is 15.4. The lowest BCUT2D eigenvalue weighted by Gasteiger charge is -2.32. The number of anilines is 2. The summed E-state index contributed by atoms with van der Waals surface area (Å²) in [5.74, 6) is 1.07. The van der Waals surface area contributed by atoms with Gasteiger partial charge in [-0.05, 0) is 124 Å². The Balaban J connectivity index is 0.000000182. The molecule has 2 aromatic carbocycles. The Labute approximate surface area is 275 Å². The number of carbonyl (C=O) groups is 2. The van der Waals surface area contributed by atoms with Crippen molar-refractivity contribution in [3.63, 3.8) is 0 Å². The first-order chi connectivity index (χ1) is 21.2. The Morgan fingerprint density at radius 2 is 1.09 bits per heavy atom. The highest BCUT2D eigenvalue weighted by Gasteiger charge is 2.53. The maximum Gasteiger partial charge on any atom is 0.494 e. The van der Waals surface area contributed by atoms with Gasteiger partial charge in [0.15, 0.2) is 0 Å². The molecule has 0 N–H and O–H groups in total. The fourth-order valence-electron chi connectivity index (χ4n) is 6.46. The lowest BCUT2D eigenvalue weighted by atomic mass is 9.77. The van der Waals surface area contributed by atoms with Crippen LogP contribution in [0.1, 0.15) is 100 Å². The first-order valence-corrected chi connectivity index (χ1v) is 16.3. The van der Waals surface area contributed by atoms with Crippen LogP contribution in [0.4, 0.5) is 11.4 Å². The molecule has 0 saturated carbocycles. The van der Waals surface area contributed by atoms with E-state index in [2.05, 4.69) is 34.2 Å². The number of aromatic nitrogens is 2. The van der Waals surface area contributed by atoms with Gasteiger partial charge < -0.3 is 19.1 Å². The van der Waals surface area contributed by atoms with Crippen LogP contribution in [0.25, 0.3) is 11.1 Å². The van der Waals surface area contributed by atoms with E-state index >= 15 is 0 Å². The van der Waals surface area contributed by atoms with Crippen LogP contribution in [0.5, 0.6) is 0 Å². The molecule has 0 bridgehead atoms. The molecule has 0 unspecified atom stereocenters. The molecule has 46 heavy (non-hydrogen) atoms. The third-order valence-corrected chi connectivity index (χ3v) is 10.1. The molecule has 0 atom stereocenters. The van der Waals surface area contributed by atoms with Crippen molar-refractivity contribution in [1.82, 2.24) is 9.97 Å². The van der Waals surface area contributed by atoms with Gasteiger partial charge in [-0.2, -0.15) is 0 Å². The molecule has 1 fully saturated rings. The van der Waals surface area contributed by atoms with Gasteiger partial charge in [0.25, 0.3) is 0 Å². The minimum Gasteiger partial charge on any atom is -0.399 e. The van der Waals surface area contributed by atoms with Gasteiger partial charge in [0.1, 0.15) is 5.82 Å². The topological polar surface area (TPSA) is 84.9 Å². The molecule has 2 amide bonds. The van der Waals surface area contributed by atoms with Gasteiger partial charge >= 0.3 is 7.12 Å². The zero-order chi connectivity index (χ0) is 34.1. The Kier molecular flexibility index (Phi) is 8.31. The summed E-state index contributed by atoms with van der Waals surface area (Å²) in [5.41, 5.74) is 5.40. The van der Waals surface area contributed by atoms with E-state index in [1.807, 2.05) is 124 Å². The molecule has 0 radical (unpaired) electrons. The summed E-state index contributed by atoms with van der Waals surface area (Å²) in [5, 5.41) is 0. The summed E-state index contributed by atoms with van der Waals surface area (Å²) in [6, 6.07) is 12.6. The summed E-state index contributed by atoms with van der Waals surface area (Å²) in [4.78, 5) is 37.8. The molecule has 3 aromatic rings. The summed E-state index contributed by atoms with van der Waals surface area (Å²) in [6.07, 6.45) is 3.65. The number of amides is 2. The van der Waals surface area contributed by atoms with Crippen LogP contribution in [0.15, 0.2) is 48.8 Å². The van der Waals surface area contributed by atoms with Gasteiger partial charge in [0, 0.05) is 41.4 Å². The van der Waals surface area contributed by atoms with Crippen LogP contribution >= 0.6 is 0 Å². The van der Waals surface area contributed by atoms with Crippen LogP contribution in [-0.4, -0.2) is 52.2 Å². The standard InChI is InChI=1S/C19H28BNO3.C18H21N3O/c1-12(2)21-15-11-13(9-10-14(15)17(3,4)16(21)22)20-23-18(5,6)19(7,8)24-20;1-11(2)21-16-8-13(14-9-19-12(3)20-10-14)6-7-15(16)18(4,5)17(21)22/h9-12H,1-8H3;6-11H,1-5H3. The van der Waals surface area contributed by atoms with Crippen molar-refractivity contribution in [3.8, 4) is 11.1 Å². The Morgan fingerprint density at radius 3 is 1.54 bits per heavy atom. The average Bonchev–Trinajstić information content (AvgIpc) is 3.40. The van der Waals surface area contributed by atoms with Crippen molar-refractivity contribution in [2.75, 3.05) is 9.80 Å². The van der Waals surface area contributed by atoms with Gasteiger partial charge in [-0.15, -0.1) is 0 Å². The highest BCUT2D eigenvalue weighted by Crippen LogP contribution is 2.45. The van der Waals surface area contributed by atoms with Gasteiger partial charge in [-0.25, -0.2) is 9.97 Å². The highest BCUT2D eigenvalue weighted by molar-refractivity contribution is 6.62. The molecule has 1 aromatic heterocycles. The van der Waals surface area contributed by atoms with Crippen LogP contribution in [0.3, 0.4) is 0 Å². The quantitative estimate of drug-likeness (QED) is 0.308. The minimum absolute atomic E-state index is 0.117. The first-order valence-electron chi connectivity index (χ1n) is 16.3. The van der Waals surface area contributed by atoms with Gasteiger partial charge in [0.05, 0.1) is 22.0 Å². The largest absolute Gasteiger partial charge is 0.494 e.